The van der Waals surface area contributed by atoms with Crippen LogP contribution in [0.5, 0.6) is 0 Å². The van der Waals surface area contributed by atoms with Gasteiger partial charge in [-0.05, 0) is 30.2 Å². The lowest BCUT2D eigenvalue weighted by Gasteiger charge is -2.13. The van der Waals surface area contributed by atoms with Gasteiger partial charge >= 0.3 is 0 Å². The molecular weight excluding hydrogens is 358 g/mol. The van der Waals surface area contributed by atoms with Crippen molar-refractivity contribution in [3.8, 4) is 11.1 Å². The summed E-state index contributed by atoms with van der Waals surface area (Å²) in [7, 11) is -3.72. The first-order valence-electron chi connectivity index (χ1n) is 8.08. The Kier molecular flexibility index (Phi) is 4.97. The van der Waals surface area contributed by atoms with Crippen molar-refractivity contribution in [2.45, 2.75) is 24.7 Å². The average molecular weight is 376 g/mol. The van der Waals surface area contributed by atoms with E-state index in [-0.39, 0.29) is 10.6 Å². The molecule has 6 heteroatoms. The van der Waals surface area contributed by atoms with Crippen LogP contribution in [0.4, 0.5) is 0 Å². The highest BCUT2D eigenvalue weighted by Crippen LogP contribution is 2.33. The van der Waals surface area contributed by atoms with Crippen molar-refractivity contribution in [1.82, 2.24) is 4.98 Å². The highest BCUT2D eigenvalue weighted by Gasteiger charge is 2.25. The minimum atomic E-state index is -3.72. The highest BCUT2D eigenvalue weighted by molar-refractivity contribution is 7.91. The van der Waals surface area contributed by atoms with Gasteiger partial charge in [0, 0.05) is 21.5 Å². The number of aromatic amines is 1. The number of aromatic nitrogens is 1. The van der Waals surface area contributed by atoms with Gasteiger partial charge in [0.1, 0.15) is 4.90 Å². The lowest BCUT2D eigenvalue weighted by Crippen LogP contribution is -2.21. The quantitative estimate of drug-likeness (QED) is 0.717. The van der Waals surface area contributed by atoms with E-state index in [0.29, 0.717) is 33.5 Å². The number of pyridine rings is 1. The third-order valence-electron chi connectivity index (χ3n) is 4.07. The van der Waals surface area contributed by atoms with Crippen LogP contribution in [0.15, 0.2) is 58.2 Å². The summed E-state index contributed by atoms with van der Waals surface area (Å²) in [6.07, 6.45) is 1.24. The van der Waals surface area contributed by atoms with Gasteiger partial charge in [-0.25, -0.2) is 8.42 Å². The SMILES string of the molecule is CCCCS(=O)(=O)c1c(-c2ccccc2)c2cc(Cl)ccc2[nH]c1=O. The molecule has 0 spiro atoms. The predicted octanol–water partition coefficient (Wildman–Crippen LogP) is 4.42. The standard InChI is InChI=1S/C19H18ClNO3S/c1-2-3-11-25(23,24)18-17(13-7-5-4-6-8-13)15-12-14(20)9-10-16(15)21-19(18)22/h4-10,12H,2-3,11H2,1H3,(H,21,22). The van der Waals surface area contributed by atoms with Gasteiger partial charge in [0.25, 0.3) is 5.56 Å². The van der Waals surface area contributed by atoms with Gasteiger partial charge in [-0.1, -0.05) is 55.3 Å². The van der Waals surface area contributed by atoms with Gasteiger partial charge in [0.15, 0.2) is 9.84 Å². The molecule has 0 atom stereocenters. The lowest BCUT2D eigenvalue weighted by molar-refractivity contribution is 0.592. The summed E-state index contributed by atoms with van der Waals surface area (Å²) in [4.78, 5) is 15.2. The summed E-state index contributed by atoms with van der Waals surface area (Å²) >= 11 is 6.13. The summed E-state index contributed by atoms with van der Waals surface area (Å²) in [5.41, 5.74) is 1.06. The Bertz CT molecular complexity index is 1070. The molecule has 25 heavy (non-hydrogen) atoms. The summed E-state index contributed by atoms with van der Waals surface area (Å²) in [5, 5.41) is 1.10. The molecule has 130 valence electrons. The molecule has 0 aliphatic carbocycles. The summed E-state index contributed by atoms with van der Waals surface area (Å²) in [5.74, 6) is -0.0571. The topological polar surface area (TPSA) is 67.0 Å². The van der Waals surface area contributed by atoms with Gasteiger partial charge in [-0.2, -0.15) is 0 Å². The van der Waals surface area contributed by atoms with Gasteiger partial charge < -0.3 is 4.98 Å². The molecule has 1 heterocycles. The summed E-state index contributed by atoms with van der Waals surface area (Å²) < 4.78 is 25.8. The monoisotopic (exact) mass is 375 g/mol. The molecule has 0 aliphatic rings. The molecule has 1 N–H and O–H groups in total. The molecule has 0 saturated heterocycles. The number of fused-ring (bicyclic) bond motifs is 1. The molecule has 0 amide bonds. The van der Waals surface area contributed by atoms with Crippen LogP contribution in [0.25, 0.3) is 22.0 Å². The fourth-order valence-electron chi connectivity index (χ4n) is 2.87. The maximum Gasteiger partial charge on any atom is 0.267 e. The van der Waals surface area contributed by atoms with Crippen LogP contribution < -0.4 is 5.56 Å². The molecule has 4 nitrogen and oxygen atoms in total. The Balaban J connectivity index is 2.44. The minimum absolute atomic E-state index is 0.0571. The van der Waals surface area contributed by atoms with Crippen LogP contribution in [0, 0.1) is 0 Å². The van der Waals surface area contributed by atoms with Crippen molar-refractivity contribution in [2.24, 2.45) is 0 Å². The van der Waals surface area contributed by atoms with E-state index in [1.807, 2.05) is 25.1 Å². The molecule has 0 aliphatic heterocycles. The normalized spacial score (nSPS) is 11.8. The van der Waals surface area contributed by atoms with Crippen molar-refractivity contribution < 1.29 is 8.42 Å². The van der Waals surface area contributed by atoms with Crippen molar-refractivity contribution in [2.75, 3.05) is 5.75 Å². The molecule has 2 aromatic carbocycles. The molecule has 3 rings (SSSR count). The van der Waals surface area contributed by atoms with E-state index in [0.717, 1.165) is 6.42 Å². The number of unbranched alkanes of at least 4 members (excludes halogenated alkanes) is 1. The van der Waals surface area contributed by atoms with Gasteiger partial charge in [0.2, 0.25) is 0 Å². The Morgan fingerprint density at radius 2 is 1.80 bits per heavy atom. The number of nitrogens with one attached hydrogen (secondary N) is 1. The van der Waals surface area contributed by atoms with E-state index in [2.05, 4.69) is 4.98 Å². The molecule has 0 unspecified atom stereocenters. The Hall–Kier alpha value is -2.11. The van der Waals surface area contributed by atoms with Crippen LogP contribution in [0.2, 0.25) is 5.02 Å². The average Bonchev–Trinajstić information content (AvgIpc) is 2.60. The number of H-pyrrole nitrogens is 1. The number of hydrogen-bond acceptors (Lipinski definition) is 3. The molecule has 0 fully saturated rings. The molecule has 3 aromatic rings. The Morgan fingerprint density at radius 3 is 2.48 bits per heavy atom. The zero-order valence-corrected chi connectivity index (χ0v) is 15.3. The Labute approximate surface area is 151 Å². The van der Waals surface area contributed by atoms with Crippen LogP contribution in [0.1, 0.15) is 19.8 Å². The second kappa shape index (κ2) is 7.02. The molecule has 0 saturated carbocycles. The van der Waals surface area contributed by atoms with Crippen LogP contribution >= 0.6 is 11.6 Å². The van der Waals surface area contributed by atoms with Gasteiger partial charge in [-0.15, -0.1) is 0 Å². The maximum atomic E-state index is 12.9. The lowest BCUT2D eigenvalue weighted by atomic mass is 10.0. The summed E-state index contributed by atoms with van der Waals surface area (Å²) in [6, 6.07) is 14.1. The predicted molar refractivity (Wildman–Crippen MR) is 102 cm³/mol. The van der Waals surface area contributed by atoms with Crippen molar-refractivity contribution in [1.29, 1.82) is 0 Å². The molecule has 0 radical (unpaired) electrons. The fraction of sp³-hybridized carbons (Fsp3) is 0.211. The largest absolute Gasteiger partial charge is 0.321 e. The number of halogens is 1. The first-order valence-corrected chi connectivity index (χ1v) is 10.1. The molecule has 1 aromatic heterocycles. The number of hydrogen-bond donors (Lipinski definition) is 1. The second-order valence-electron chi connectivity index (χ2n) is 5.89. The van der Waals surface area contributed by atoms with Gasteiger partial charge in [-0.3, -0.25) is 4.79 Å². The van der Waals surface area contributed by atoms with Crippen molar-refractivity contribution >= 4 is 32.3 Å². The smallest absolute Gasteiger partial charge is 0.267 e. The fourth-order valence-corrected chi connectivity index (χ4v) is 4.79. The number of rotatable bonds is 5. The third-order valence-corrected chi connectivity index (χ3v) is 6.15. The highest BCUT2D eigenvalue weighted by atomic mass is 35.5. The van der Waals surface area contributed by atoms with Crippen molar-refractivity contribution in [3.05, 3.63) is 63.9 Å². The van der Waals surface area contributed by atoms with E-state index in [1.54, 1.807) is 30.3 Å². The van der Waals surface area contributed by atoms with E-state index >= 15 is 0 Å². The molecule has 0 bridgehead atoms. The first kappa shape index (κ1) is 17.7. The molecular formula is C19H18ClNO3S. The minimum Gasteiger partial charge on any atom is -0.321 e. The maximum absolute atomic E-state index is 12.9. The number of sulfone groups is 1. The third kappa shape index (κ3) is 3.48. The summed E-state index contributed by atoms with van der Waals surface area (Å²) in [6.45, 7) is 1.91. The zero-order chi connectivity index (χ0) is 18.0. The second-order valence-corrected chi connectivity index (χ2v) is 8.37. The Morgan fingerprint density at radius 1 is 1.08 bits per heavy atom. The zero-order valence-electron chi connectivity index (χ0n) is 13.8. The van der Waals surface area contributed by atoms with Crippen LogP contribution in [-0.4, -0.2) is 19.2 Å². The van der Waals surface area contributed by atoms with Crippen molar-refractivity contribution in [3.63, 3.8) is 0 Å². The van der Waals surface area contributed by atoms with Gasteiger partial charge in [0.05, 0.1) is 5.75 Å². The van der Waals surface area contributed by atoms with E-state index in [1.165, 1.54) is 0 Å². The van der Waals surface area contributed by atoms with Crippen LogP contribution in [-0.2, 0) is 9.84 Å². The van der Waals surface area contributed by atoms with Crippen LogP contribution in [0.3, 0.4) is 0 Å². The first-order chi connectivity index (χ1) is 11.9. The van der Waals surface area contributed by atoms with E-state index in [4.69, 9.17) is 11.6 Å². The van der Waals surface area contributed by atoms with E-state index < -0.39 is 15.4 Å². The number of benzene rings is 2. The van der Waals surface area contributed by atoms with E-state index in [9.17, 15) is 13.2 Å².